The van der Waals surface area contributed by atoms with Crippen molar-refractivity contribution in [1.82, 2.24) is 10.3 Å². The SMILES string of the molecule is C[C@H](N)C(=O)NCCCNc1ccnc2cc(Cl)ccc12. The van der Waals surface area contributed by atoms with Crippen LogP contribution in [0.25, 0.3) is 10.9 Å². The minimum atomic E-state index is -0.466. The lowest BCUT2D eigenvalue weighted by atomic mass is 10.2. The predicted molar refractivity (Wildman–Crippen MR) is 86.5 cm³/mol. The van der Waals surface area contributed by atoms with Crippen LogP contribution in [0.3, 0.4) is 0 Å². The number of nitrogens with zero attached hydrogens (tertiary/aromatic N) is 1. The number of halogens is 1. The number of nitrogens with two attached hydrogens (primary N) is 1. The Labute approximate surface area is 128 Å². The molecule has 0 aliphatic heterocycles. The number of amides is 1. The highest BCUT2D eigenvalue weighted by molar-refractivity contribution is 6.31. The topological polar surface area (TPSA) is 80.0 Å². The fourth-order valence-electron chi connectivity index (χ4n) is 1.96. The fraction of sp³-hybridized carbons (Fsp3) is 0.333. The van der Waals surface area contributed by atoms with E-state index in [-0.39, 0.29) is 5.91 Å². The van der Waals surface area contributed by atoms with Crippen LogP contribution in [0, 0.1) is 0 Å². The molecule has 1 aromatic carbocycles. The first-order valence-corrected chi connectivity index (χ1v) is 7.27. The van der Waals surface area contributed by atoms with Gasteiger partial charge >= 0.3 is 0 Å². The molecule has 0 bridgehead atoms. The molecule has 4 N–H and O–H groups in total. The summed E-state index contributed by atoms with van der Waals surface area (Å²) in [6, 6.07) is 7.10. The maximum absolute atomic E-state index is 11.3. The van der Waals surface area contributed by atoms with E-state index in [1.54, 1.807) is 13.1 Å². The Morgan fingerprint density at radius 3 is 2.95 bits per heavy atom. The van der Waals surface area contributed by atoms with Crippen LogP contribution in [0.2, 0.25) is 5.02 Å². The summed E-state index contributed by atoms with van der Waals surface area (Å²) in [7, 11) is 0. The monoisotopic (exact) mass is 306 g/mol. The van der Waals surface area contributed by atoms with E-state index in [1.807, 2.05) is 24.3 Å². The number of carbonyl (C=O) groups excluding carboxylic acids is 1. The molecule has 21 heavy (non-hydrogen) atoms. The molecule has 0 saturated carbocycles. The highest BCUT2D eigenvalue weighted by atomic mass is 35.5. The lowest BCUT2D eigenvalue weighted by molar-refractivity contribution is -0.121. The molecule has 2 aromatic rings. The van der Waals surface area contributed by atoms with Gasteiger partial charge < -0.3 is 16.4 Å². The first-order valence-electron chi connectivity index (χ1n) is 6.89. The van der Waals surface area contributed by atoms with E-state index in [2.05, 4.69) is 15.6 Å². The van der Waals surface area contributed by atoms with E-state index in [0.717, 1.165) is 29.6 Å². The van der Waals surface area contributed by atoms with Crippen molar-refractivity contribution >= 4 is 34.1 Å². The second kappa shape index (κ2) is 7.24. The molecule has 0 saturated heterocycles. The Kier molecular flexibility index (Phi) is 5.36. The molecule has 1 heterocycles. The van der Waals surface area contributed by atoms with Crippen molar-refractivity contribution in [3.05, 3.63) is 35.5 Å². The van der Waals surface area contributed by atoms with Gasteiger partial charge in [-0.1, -0.05) is 11.6 Å². The van der Waals surface area contributed by atoms with Crippen LogP contribution in [-0.2, 0) is 4.79 Å². The summed E-state index contributed by atoms with van der Waals surface area (Å²) in [5.74, 6) is -0.126. The Balaban J connectivity index is 1.88. The van der Waals surface area contributed by atoms with Crippen molar-refractivity contribution in [2.75, 3.05) is 18.4 Å². The van der Waals surface area contributed by atoms with Gasteiger partial charge in [-0.3, -0.25) is 9.78 Å². The molecule has 112 valence electrons. The Morgan fingerprint density at radius 2 is 2.19 bits per heavy atom. The number of rotatable bonds is 6. The standard InChI is InChI=1S/C15H19ClN4O/c1-10(17)15(21)20-7-2-6-18-13-5-8-19-14-9-11(16)3-4-12(13)14/h3-5,8-10H,2,6-7,17H2,1H3,(H,18,19)(H,20,21)/t10-/m0/s1. The van der Waals surface area contributed by atoms with Crippen LogP contribution in [0.15, 0.2) is 30.5 Å². The van der Waals surface area contributed by atoms with Crippen molar-refractivity contribution in [3.63, 3.8) is 0 Å². The Bertz CT molecular complexity index is 630. The second-order valence-electron chi connectivity index (χ2n) is 4.88. The van der Waals surface area contributed by atoms with Crippen LogP contribution in [-0.4, -0.2) is 30.0 Å². The third kappa shape index (κ3) is 4.31. The second-order valence-corrected chi connectivity index (χ2v) is 5.32. The smallest absolute Gasteiger partial charge is 0.236 e. The molecule has 1 amide bonds. The molecule has 0 aliphatic carbocycles. The number of hydrogen-bond donors (Lipinski definition) is 3. The molecule has 0 fully saturated rings. The predicted octanol–water partition coefficient (Wildman–Crippen LogP) is 2.15. The van der Waals surface area contributed by atoms with E-state index in [9.17, 15) is 4.79 Å². The Morgan fingerprint density at radius 1 is 1.38 bits per heavy atom. The molecule has 0 radical (unpaired) electrons. The van der Waals surface area contributed by atoms with Gasteiger partial charge in [0.05, 0.1) is 11.6 Å². The van der Waals surface area contributed by atoms with Gasteiger partial charge in [0.1, 0.15) is 0 Å². The summed E-state index contributed by atoms with van der Waals surface area (Å²) in [6.07, 6.45) is 2.56. The van der Waals surface area contributed by atoms with Crippen LogP contribution in [0.4, 0.5) is 5.69 Å². The zero-order chi connectivity index (χ0) is 15.2. The van der Waals surface area contributed by atoms with E-state index >= 15 is 0 Å². The molecule has 2 rings (SSSR count). The third-order valence-corrected chi connectivity index (χ3v) is 3.32. The zero-order valence-corrected chi connectivity index (χ0v) is 12.7. The maximum Gasteiger partial charge on any atom is 0.236 e. The first kappa shape index (κ1) is 15.5. The minimum absolute atomic E-state index is 0.126. The number of fused-ring (bicyclic) bond motifs is 1. The minimum Gasteiger partial charge on any atom is -0.384 e. The molecule has 6 heteroatoms. The molecular formula is C15H19ClN4O. The number of hydrogen-bond acceptors (Lipinski definition) is 4. The van der Waals surface area contributed by atoms with Crippen LogP contribution < -0.4 is 16.4 Å². The number of nitrogens with one attached hydrogen (secondary N) is 2. The average molecular weight is 307 g/mol. The van der Waals surface area contributed by atoms with Crippen molar-refractivity contribution in [3.8, 4) is 0 Å². The number of carbonyl (C=O) groups is 1. The highest BCUT2D eigenvalue weighted by Gasteiger charge is 2.05. The normalized spacial score (nSPS) is 12.1. The summed E-state index contributed by atoms with van der Waals surface area (Å²) in [6.45, 7) is 3.02. The summed E-state index contributed by atoms with van der Waals surface area (Å²) in [5.41, 5.74) is 7.34. The number of benzene rings is 1. The van der Waals surface area contributed by atoms with E-state index in [4.69, 9.17) is 17.3 Å². The highest BCUT2D eigenvalue weighted by Crippen LogP contribution is 2.24. The van der Waals surface area contributed by atoms with Gasteiger partial charge in [0, 0.05) is 35.4 Å². The van der Waals surface area contributed by atoms with E-state index in [0.29, 0.717) is 11.6 Å². The number of pyridine rings is 1. The molecule has 0 unspecified atom stereocenters. The van der Waals surface area contributed by atoms with Crippen LogP contribution in [0.5, 0.6) is 0 Å². The van der Waals surface area contributed by atoms with Gasteiger partial charge in [-0.05, 0) is 37.6 Å². The summed E-state index contributed by atoms with van der Waals surface area (Å²) in [5, 5.41) is 7.82. The molecule has 1 atom stereocenters. The molecule has 5 nitrogen and oxygen atoms in total. The van der Waals surface area contributed by atoms with Gasteiger partial charge in [0.25, 0.3) is 0 Å². The lowest BCUT2D eigenvalue weighted by Crippen LogP contribution is -2.39. The molecular weight excluding hydrogens is 288 g/mol. The van der Waals surface area contributed by atoms with Gasteiger partial charge in [0.15, 0.2) is 0 Å². The largest absolute Gasteiger partial charge is 0.384 e. The average Bonchev–Trinajstić information content (AvgIpc) is 2.46. The quantitative estimate of drug-likeness (QED) is 0.714. The zero-order valence-electron chi connectivity index (χ0n) is 11.9. The van der Waals surface area contributed by atoms with Crippen molar-refractivity contribution in [1.29, 1.82) is 0 Å². The molecule has 1 aromatic heterocycles. The lowest BCUT2D eigenvalue weighted by Gasteiger charge is -2.11. The van der Waals surface area contributed by atoms with Crippen LogP contribution in [0.1, 0.15) is 13.3 Å². The van der Waals surface area contributed by atoms with Gasteiger partial charge in [-0.25, -0.2) is 0 Å². The fourth-order valence-corrected chi connectivity index (χ4v) is 2.13. The summed E-state index contributed by atoms with van der Waals surface area (Å²) in [4.78, 5) is 15.6. The first-order chi connectivity index (χ1) is 10.1. The molecule has 0 spiro atoms. The van der Waals surface area contributed by atoms with Crippen molar-refractivity contribution < 1.29 is 4.79 Å². The van der Waals surface area contributed by atoms with Gasteiger partial charge in [0.2, 0.25) is 5.91 Å². The van der Waals surface area contributed by atoms with Gasteiger partial charge in [-0.2, -0.15) is 0 Å². The molecule has 0 aliphatic rings. The van der Waals surface area contributed by atoms with E-state index in [1.165, 1.54) is 0 Å². The van der Waals surface area contributed by atoms with Crippen molar-refractivity contribution in [2.24, 2.45) is 5.73 Å². The van der Waals surface area contributed by atoms with Crippen molar-refractivity contribution in [2.45, 2.75) is 19.4 Å². The number of anilines is 1. The Hall–Kier alpha value is -1.85. The van der Waals surface area contributed by atoms with E-state index < -0.39 is 6.04 Å². The third-order valence-electron chi connectivity index (χ3n) is 3.09. The maximum atomic E-state index is 11.3. The summed E-state index contributed by atoms with van der Waals surface area (Å²) < 4.78 is 0. The van der Waals surface area contributed by atoms with Crippen LogP contribution >= 0.6 is 11.6 Å². The van der Waals surface area contributed by atoms with Gasteiger partial charge in [-0.15, -0.1) is 0 Å². The summed E-state index contributed by atoms with van der Waals surface area (Å²) >= 11 is 5.96. The number of aromatic nitrogens is 1.